The van der Waals surface area contributed by atoms with Crippen molar-refractivity contribution >= 4 is 45.6 Å². The second-order valence-corrected chi connectivity index (χ2v) is 8.27. The first kappa shape index (κ1) is 18.9. The predicted octanol–water partition coefficient (Wildman–Crippen LogP) is 5.30. The maximum atomic E-state index is 12.5. The summed E-state index contributed by atoms with van der Waals surface area (Å²) in [4.78, 5) is 27.1. The topological polar surface area (TPSA) is 55.4 Å². The summed E-state index contributed by atoms with van der Waals surface area (Å²) in [5, 5.41) is 5.50. The van der Waals surface area contributed by atoms with Crippen molar-refractivity contribution in [2.24, 2.45) is 0 Å². The summed E-state index contributed by atoms with van der Waals surface area (Å²) in [5.74, 6) is -0.554. The van der Waals surface area contributed by atoms with Crippen molar-refractivity contribution in [3.8, 4) is 0 Å². The van der Waals surface area contributed by atoms with Crippen LogP contribution in [0.4, 0.5) is 5.00 Å². The van der Waals surface area contributed by atoms with Gasteiger partial charge >= 0.3 is 5.97 Å². The van der Waals surface area contributed by atoms with E-state index in [1.807, 2.05) is 17.5 Å². The van der Waals surface area contributed by atoms with Gasteiger partial charge in [-0.15, -0.1) is 22.7 Å². The van der Waals surface area contributed by atoms with Crippen LogP contribution in [0.15, 0.2) is 23.6 Å². The Bertz CT molecular complexity index is 790. The Kier molecular flexibility index (Phi) is 6.63. The van der Waals surface area contributed by atoms with Crippen LogP contribution in [0.3, 0.4) is 0 Å². The molecule has 0 aromatic carbocycles. The standard InChI is InChI=1S/C20H23NO3S2/c1-2-24-20(23)18-15-9-5-3-4-6-10-16(15)26-19(18)21-17(22)12-11-14-8-7-13-25-14/h7-8,11-13H,2-6,9-10H2,1H3,(H,21,22). The number of amides is 1. The van der Waals surface area contributed by atoms with Crippen LogP contribution in [-0.4, -0.2) is 18.5 Å². The van der Waals surface area contributed by atoms with E-state index in [0.717, 1.165) is 36.1 Å². The van der Waals surface area contributed by atoms with Gasteiger partial charge in [0.15, 0.2) is 0 Å². The van der Waals surface area contributed by atoms with Crippen LogP contribution >= 0.6 is 22.7 Å². The first-order valence-electron chi connectivity index (χ1n) is 9.03. The zero-order valence-electron chi connectivity index (χ0n) is 14.9. The number of hydrogen-bond acceptors (Lipinski definition) is 5. The molecule has 0 radical (unpaired) electrons. The molecule has 1 aliphatic carbocycles. The number of ether oxygens (including phenoxy) is 1. The summed E-state index contributed by atoms with van der Waals surface area (Å²) >= 11 is 3.10. The zero-order valence-corrected chi connectivity index (χ0v) is 16.5. The van der Waals surface area contributed by atoms with Crippen LogP contribution in [0.1, 0.15) is 58.3 Å². The van der Waals surface area contributed by atoms with Crippen LogP contribution in [0, 0.1) is 0 Å². The molecule has 26 heavy (non-hydrogen) atoms. The van der Waals surface area contributed by atoms with E-state index in [9.17, 15) is 9.59 Å². The summed E-state index contributed by atoms with van der Waals surface area (Å²) < 4.78 is 5.27. The third-order valence-corrected chi connectivity index (χ3v) is 6.37. The molecule has 0 unspecified atom stereocenters. The van der Waals surface area contributed by atoms with Crippen molar-refractivity contribution in [1.82, 2.24) is 0 Å². The van der Waals surface area contributed by atoms with Gasteiger partial charge in [0.25, 0.3) is 0 Å². The third kappa shape index (κ3) is 4.62. The highest BCUT2D eigenvalue weighted by Crippen LogP contribution is 2.37. The van der Waals surface area contributed by atoms with Crippen LogP contribution < -0.4 is 5.32 Å². The lowest BCUT2D eigenvalue weighted by Crippen LogP contribution is -2.13. The summed E-state index contributed by atoms with van der Waals surface area (Å²) in [5.41, 5.74) is 1.64. The van der Waals surface area contributed by atoms with Gasteiger partial charge in [0, 0.05) is 15.8 Å². The van der Waals surface area contributed by atoms with Crippen LogP contribution in [0.2, 0.25) is 0 Å². The van der Waals surface area contributed by atoms with Gasteiger partial charge in [-0.3, -0.25) is 4.79 Å². The maximum absolute atomic E-state index is 12.5. The van der Waals surface area contributed by atoms with Crippen molar-refractivity contribution in [3.05, 3.63) is 44.5 Å². The summed E-state index contributed by atoms with van der Waals surface area (Å²) in [7, 11) is 0. The Labute approximate surface area is 161 Å². The van der Waals surface area contributed by atoms with E-state index in [-0.39, 0.29) is 11.9 Å². The molecule has 0 saturated carbocycles. The molecule has 4 nitrogen and oxygen atoms in total. The highest BCUT2D eigenvalue weighted by atomic mass is 32.1. The number of nitrogens with one attached hydrogen (secondary N) is 1. The lowest BCUT2D eigenvalue weighted by molar-refractivity contribution is -0.111. The number of aryl methyl sites for hydroxylation is 1. The van der Waals surface area contributed by atoms with E-state index in [4.69, 9.17) is 4.74 Å². The van der Waals surface area contributed by atoms with Crippen molar-refractivity contribution in [2.75, 3.05) is 11.9 Å². The SMILES string of the molecule is CCOC(=O)c1c(NC(=O)C=Cc2cccs2)sc2c1CCCCCC2. The number of anilines is 1. The highest BCUT2D eigenvalue weighted by molar-refractivity contribution is 7.17. The molecule has 1 N–H and O–H groups in total. The number of fused-ring (bicyclic) bond motifs is 1. The van der Waals surface area contributed by atoms with Gasteiger partial charge < -0.3 is 10.1 Å². The lowest BCUT2D eigenvalue weighted by Gasteiger charge is -2.11. The molecule has 2 aromatic rings. The van der Waals surface area contributed by atoms with Gasteiger partial charge in [0.05, 0.1) is 12.2 Å². The fourth-order valence-corrected chi connectivity index (χ4v) is 5.02. The zero-order chi connectivity index (χ0) is 18.4. The Morgan fingerprint density at radius 1 is 1.23 bits per heavy atom. The highest BCUT2D eigenvalue weighted by Gasteiger charge is 2.25. The second kappa shape index (κ2) is 9.14. The fourth-order valence-electron chi connectivity index (χ4n) is 3.12. The Hall–Kier alpha value is -1.92. The molecule has 0 fully saturated rings. The summed E-state index contributed by atoms with van der Waals surface area (Å²) in [6.45, 7) is 2.13. The van der Waals surface area contributed by atoms with Crippen LogP contribution in [0.5, 0.6) is 0 Å². The monoisotopic (exact) mass is 389 g/mol. The maximum Gasteiger partial charge on any atom is 0.341 e. The predicted molar refractivity (Wildman–Crippen MR) is 108 cm³/mol. The quantitative estimate of drug-likeness (QED) is 0.558. The first-order valence-corrected chi connectivity index (χ1v) is 10.7. The molecule has 2 aromatic heterocycles. The second-order valence-electron chi connectivity index (χ2n) is 6.18. The van der Waals surface area contributed by atoms with Crippen molar-refractivity contribution in [3.63, 3.8) is 0 Å². The molecule has 1 amide bonds. The lowest BCUT2D eigenvalue weighted by atomic mass is 9.96. The van der Waals surface area contributed by atoms with Gasteiger partial charge in [0.1, 0.15) is 5.00 Å². The van der Waals surface area contributed by atoms with Crippen molar-refractivity contribution < 1.29 is 14.3 Å². The van der Waals surface area contributed by atoms with Crippen molar-refractivity contribution in [1.29, 1.82) is 0 Å². The molecular weight excluding hydrogens is 366 g/mol. The van der Waals surface area contributed by atoms with Crippen molar-refractivity contribution in [2.45, 2.75) is 45.4 Å². The molecule has 2 heterocycles. The van der Waals surface area contributed by atoms with Gasteiger partial charge in [0.2, 0.25) is 5.91 Å². The van der Waals surface area contributed by atoms with Crippen LogP contribution in [0.25, 0.3) is 6.08 Å². The number of esters is 1. The summed E-state index contributed by atoms with van der Waals surface area (Å²) in [6, 6.07) is 3.90. The largest absolute Gasteiger partial charge is 0.462 e. The molecule has 0 saturated heterocycles. The van der Waals surface area contributed by atoms with Gasteiger partial charge in [-0.25, -0.2) is 4.79 Å². The molecule has 6 heteroatoms. The molecule has 0 bridgehead atoms. The smallest absolute Gasteiger partial charge is 0.341 e. The summed E-state index contributed by atoms with van der Waals surface area (Å²) in [6.07, 6.45) is 9.74. The average Bonchev–Trinajstić information content (AvgIpc) is 3.21. The fraction of sp³-hybridized carbons (Fsp3) is 0.400. The van der Waals surface area contributed by atoms with E-state index in [1.165, 1.54) is 35.1 Å². The first-order chi connectivity index (χ1) is 12.7. The van der Waals surface area contributed by atoms with Gasteiger partial charge in [-0.2, -0.15) is 0 Å². The molecule has 138 valence electrons. The molecule has 0 aliphatic heterocycles. The van der Waals surface area contributed by atoms with Gasteiger partial charge in [-0.1, -0.05) is 18.9 Å². The Morgan fingerprint density at radius 3 is 2.77 bits per heavy atom. The Morgan fingerprint density at radius 2 is 2.04 bits per heavy atom. The number of thiophene rings is 2. The number of hydrogen-bond donors (Lipinski definition) is 1. The number of carbonyl (C=O) groups is 2. The number of carbonyl (C=O) groups excluding carboxylic acids is 2. The van der Waals surface area contributed by atoms with E-state index < -0.39 is 0 Å². The molecule has 1 aliphatic rings. The molecule has 0 spiro atoms. The minimum Gasteiger partial charge on any atom is -0.462 e. The van der Waals surface area contributed by atoms with Gasteiger partial charge in [-0.05, 0) is 55.7 Å². The van der Waals surface area contributed by atoms with E-state index in [2.05, 4.69) is 5.32 Å². The number of rotatable bonds is 5. The molecule has 0 atom stereocenters. The van der Waals surface area contributed by atoms with E-state index in [0.29, 0.717) is 17.2 Å². The normalized spacial score (nSPS) is 14.5. The molecular formula is C20H23NO3S2. The Balaban J connectivity index is 1.85. The van der Waals surface area contributed by atoms with E-state index in [1.54, 1.807) is 24.3 Å². The van der Waals surface area contributed by atoms with Crippen LogP contribution in [-0.2, 0) is 22.4 Å². The van der Waals surface area contributed by atoms with E-state index >= 15 is 0 Å². The average molecular weight is 390 g/mol. The third-order valence-electron chi connectivity index (χ3n) is 4.33. The minimum absolute atomic E-state index is 0.224. The minimum atomic E-state index is -0.330. The molecule has 3 rings (SSSR count).